The number of hydrogen-bond donors (Lipinski definition) is 1. The molecule has 1 atom stereocenters. The zero-order chi connectivity index (χ0) is 16.4. The summed E-state index contributed by atoms with van der Waals surface area (Å²) in [6, 6.07) is 10.7. The minimum Gasteiger partial charge on any atom is -0.476 e. The Morgan fingerprint density at radius 1 is 1.39 bits per heavy atom. The Morgan fingerprint density at radius 2 is 2.17 bits per heavy atom. The van der Waals surface area contributed by atoms with Crippen molar-refractivity contribution in [3.05, 3.63) is 41.3 Å². The third-order valence-corrected chi connectivity index (χ3v) is 4.30. The molecule has 116 valence electrons. The van der Waals surface area contributed by atoms with Gasteiger partial charge in [-0.05, 0) is 23.6 Å². The van der Waals surface area contributed by atoms with Crippen molar-refractivity contribution in [3.63, 3.8) is 0 Å². The van der Waals surface area contributed by atoms with Crippen LogP contribution in [-0.2, 0) is 9.59 Å². The second-order valence-electron chi connectivity index (χ2n) is 4.97. The van der Waals surface area contributed by atoms with Crippen molar-refractivity contribution in [2.24, 2.45) is 0 Å². The molecular weight excluding hydrogens is 314 g/mol. The van der Waals surface area contributed by atoms with E-state index in [-0.39, 0.29) is 18.4 Å². The second kappa shape index (κ2) is 6.10. The van der Waals surface area contributed by atoms with Crippen LogP contribution >= 0.6 is 11.3 Å². The molecule has 0 radical (unpaired) electrons. The van der Waals surface area contributed by atoms with Crippen molar-refractivity contribution < 1.29 is 14.3 Å². The highest BCUT2D eigenvalue weighted by Crippen LogP contribution is 2.33. The predicted molar refractivity (Wildman–Crippen MR) is 86.5 cm³/mol. The first-order chi connectivity index (χ1) is 11.1. The van der Waals surface area contributed by atoms with Gasteiger partial charge in [-0.25, -0.2) is 0 Å². The van der Waals surface area contributed by atoms with Crippen LogP contribution in [0.4, 0.5) is 10.7 Å². The molecule has 0 fully saturated rings. The first-order valence-electron chi connectivity index (χ1n) is 6.92. The molecule has 2 amide bonds. The SMILES string of the molecule is CC(=O)N1C[C@H](C(=O)Nc2sccc2C#N)Oc2ccccc21. The Balaban J connectivity index is 1.83. The number of nitrogens with zero attached hydrogens (tertiary/aromatic N) is 2. The van der Waals surface area contributed by atoms with Crippen LogP contribution in [0.2, 0.25) is 0 Å². The highest BCUT2D eigenvalue weighted by Gasteiger charge is 2.32. The fourth-order valence-corrected chi connectivity index (χ4v) is 3.10. The monoisotopic (exact) mass is 327 g/mol. The molecule has 0 bridgehead atoms. The van der Waals surface area contributed by atoms with Gasteiger partial charge in [-0.15, -0.1) is 11.3 Å². The molecule has 2 heterocycles. The number of rotatable bonds is 2. The molecule has 1 aliphatic rings. The Bertz CT molecular complexity index is 809. The summed E-state index contributed by atoms with van der Waals surface area (Å²) >= 11 is 1.27. The highest BCUT2D eigenvalue weighted by molar-refractivity contribution is 7.14. The minimum atomic E-state index is -0.831. The Kier molecular flexibility index (Phi) is 4.00. The molecule has 6 nitrogen and oxygen atoms in total. The van der Waals surface area contributed by atoms with Crippen LogP contribution in [0.5, 0.6) is 5.75 Å². The van der Waals surface area contributed by atoms with Gasteiger partial charge in [-0.1, -0.05) is 12.1 Å². The van der Waals surface area contributed by atoms with Gasteiger partial charge in [0.2, 0.25) is 5.91 Å². The maximum Gasteiger partial charge on any atom is 0.267 e. The van der Waals surface area contributed by atoms with Crippen LogP contribution in [0, 0.1) is 11.3 Å². The number of para-hydroxylation sites is 2. The number of carbonyl (C=O) groups excluding carboxylic acids is 2. The maximum absolute atomic E-state index is 12.4. The summed E-state index contributed by atoms with van der Waals surface area (Å²) in [6.45, 7) is 1.58. The molecular formula is C16H13N3O3S. The van der Waals surface area contributed by atoms with E-state index in [9.17, 15) is 9.59 Å². The quantitative estimate of drug-likeness (QED) is 0.918. The normalized spacial score (nSPS) is 16.0. The molecule has 1 aliphatic heterocycles. The van der Waals surface area contributed by atoms with Gasteiger partial charge in [-0.2, -0.15) is 5.26 Å². The van der Waals surface area contributed by atoms with E-state index in [1.54, 1.807) is 29.6 Å². The third-order valence-electron chi connectivity index (χ3n) is 3.47. The largest absolute Gasteiger partial charge is 0.476 e. The molecule has 2 aromatic rings. The number of fused-ring (bicyclic) bond motifs is 1. The predicted octanol–water partition coefficient (Wildman–Crippen LogP) is 2.37. The first kappa shape index (κ1) is 15.1. The van der Waals surface area contributed by atoms with Gasteiger partial charge in [0.05, 0.1) is 17.8 Å². The lowest BCUT2D eigenvalue weighted by Gasteiger charge is -2.33. The summed E-state index contributed by atoms with van der Waals surface area (Å²) in [5.41, 5.74) is 1.06. The lowest BCUT2D eigenvalue weighted by molar-refractivity contribution is -0.123. The molecule has 0 saturated heterocycles. The number of carbonyl (C=O) groups is 2. The van der Waals surface area contributed by atoms with Crippen molar-refractivity contribution in [1.29, 1.82) is 5.26 Å². The van der Waals surface area contributed by atoms with Crippen molar-refractivity contribution >= 4 is 33.8 Å². The summed E-state index contributed by atoms with van der Waals surface area (Å²) in [7, 11) is 0. The minimum absolute atomic E-state index is 0.130. The zero-order valence-corrected chi connectivity index (χ0v) is 13.1. The smallest absolute Gasteiger partial charge is 0.267 e. The van der Waals surface area contributed by atoms with Crippen LogP contribution in [-0.4, -0.2) is 24.5 Å². The first-order valence-corrected chi connectivity index (χ1v) is 7.80. The number of amides is 2. The Hall–Kier alpha value is -2.85. The topological polar surface area (TPSA) is 82.4 Å². The number of anilines is 2. The summed E-state index contributed by atoms with van der Waals surface area (Å²) in [4.78, 5) is 25.8. The number of ether oxygens (including phenoxy) is 1. The fourth-order valence-electron chi connectivity index (χ4n) is 2.36. The van der Waals surface area contributed by atoms with Crippen LogP contribution in [0.15, 0.2) is 35.7 Å². The van der Waals surface area contributed by atoms with Gasteiger partial charge in [-0.3, -0.25) is 9.59 Å². The Morgan fingerprint density at radius 3 is 2.91 bits per heavy atom. The van der Waals surface area contributed by atoms with Gasteiger partial charge in [0.15, 0.2) is 6.10 Å². The molecule has 3 rings (SSSR count). The van der Waals surface area contributed by atoms with Gasteiger partial charge in [0, 0.05) is 6.92 Å². The van der Waals surface area contributed by atoms with Crippen LogP contribution in [0.3, 0.4) is 0 Å². The molecule has 1 N–H and O–H groups in total. The number of nitrogens with one attached hydrogen (secondary N) is 1. The van der Waals surface area contributed by atoms with Crippen molar-refractivity contribution in [2.75, 3.05) is 16.8 Å². The van der Waals surface area contributed by atoms with Crippen molar-refractivity contribution in [2.45, 2.75) is 13.0 Å². The average Bonchev–Trinajstić information content (AvgIpc) is 3.00. The van der Waals surface area contributed by atoms with E-state index in [1.165, 1.54) is 23.2 Å². The van der Waals surface area contributed by atoms with E-state index >= 15 is 0 Å². The lowest BCUT2D eigenvalue weighted by Crippen LogP contribution is -2.48. The summed E-state index contributed by atoms with van der Waals surface area (Å²) in [5.74, 6) is -0.0575. The lowest BCUT2D eigenvalue weighted by atomic mass is 10.1. The van der Waals surface area contributed by atoms with Crippen LogP contribution in [0.25, 0.3) is 0 Å². The summed E-state index contributed by atoms with van der Waals surface area (Å²) in [6.07, 6.45) is -0.831. The molecule has 1 aromatic carbocycles. The molecule has 1 aromatic heterocycles. The summed E-state index contributed by atoms with van der Waals surface area (Å²) in [5, 5.41) is 13.9. The van der Waals surface area contributed by atoms with E-state index in [0.29, 0.717) is 22.0 Å². The summed E-state index contributed by atoms with van der Waals surface area (Å²) < 4.78 is 5.71. The van der Waals surface area contributed by atoms with Crippen molar-refractivity contribution in [3.8, 4) is 11.8 Å². The fraction of sp³-hybridized carbons (Fsp3) is 0.188. The van der Waals surface area contributed by atoms with Gasteiger partial charge in [0.1, 0.15) is 16.8 Å². The average molecular weight is 327 g/mol. The van der Waals surface area contributed by atoms with Crippen LogP contribution < -0.4 is 15.0 Å². The number of thiophene rings is 1. The van der Waals surface area contributed by atoms with Crippen molar-refractivity contribution in [1.82, 2.24) is 0 Å². The van der Waals surface area contributed by atoms with Gasteiger partial charge in [0.25, 0.3) is 5.91 Å². The molecule has 0 spiro atoms. The highest BCUT2D eigenvalue weighted by atomic mass is 32.1. The maximum atomic E-state index is 12.4. The van der Waals surface area contributed by atoms with Gasteiger partial charge >= 0.3 is 0 Å². The van der Waals surface area contributed by atoms with E-state index in [2.05, 4.69) is 5.32 Å². The number of hydrogen-bond acceptors (Lipinski definition) is 5. The molecule has 0 unspecified atom stereocenters. The Labute approximate surface area is 136 Å². The zero-order valence-electron chi connectivity index (χ0n) is 12.3. The molecule has 23 heavy (non-hydrogen) atoms. The standard InChI is InChI=1S/C16H13N3O3S/c1-10(20)19-9-14(22-13-5-3-2-4-12(13)19)15(21)18-16-11(8-17)6-7-23-16/h2-7,14H,9H2,1H3,(H,18,21)/t14-/m1/s1. The van der Waals surface area contributed by atoms with Crippen LogP contribution in [0.1, 0.15) is 12.5 Å². The number of benzene rings is 1. The van der Waals surface area contributed by atoms with Gasteiger partial charge < -0.3 is 15.0 Å². The molecule has 0 aliphatic carbocycles. The van der Waals surface area contributed by atoms with E-state index in [4.69, 9.17) is 10.00 Å². The van der Waals surface area contributed by atoms with E-state index in [1.807, 2.05) is 12.1 Å². The second-order valence-corrected chi connectivity index (χ2v) is 5.88. The number of nitriles is 1. The third kappa shape index (κ3) is 2.89. The van der Waals surface area contributed by atoms with E-state index in [0.717, 1.165) is 0 Å². The molecule has 0 saturated carbocycles. The molecule has 7 heteroatoms. The van der Waals surface area contributed by atoms with E-state index < -0.39 is 6.10 Å².